The van der Waals surface area contributed by atoms with Gasteiger partial charge in [-0.25, -0.2) is 13.8 Å². The molecule has 1 fully saturated rings. The minimum Gasteiger partial charge on any atom is -0.507 e. The molecule has 170 valence electrons. The SMILES string of the molecule is COc1ccc(F)cc1C(O)=C1C(=O)C(=O)N(CCCn2ccnc2)[C@@H]1c1ccc(F)cc1. The van der Waals surface area contributed by atoms with Crippen LogP contribution in [0.2, 0.25) is 0 Å². The normalized spacial score (nSPS) is 17.5. The largest absolute Gasteiger partial charge is 0.507 e. The van der Waals surface area contributed by atoms with Crippen molar-refractivity contribution >= 4 is 17.4 Å². The molecular formula is C24H21F2N3O4. The average Bonchev–Trinajstić information content (AvgIpc) is 3.41. The van der Waals surface area contributed by atoms with Gasteiger partial charge in [0.05, 0.1) is 30.6 Å². The van der Waals surface area contributed by atoms with Crippen LogP contribution in [0.25, 0.3) is 5.76 Å². The molecule has 1 aliphatic rings. The van der Waals surface area contributed by atoms with E-state index in [0.29, 0.717) is 18.5 Å². The fourth-order valence-corrected chi connectivity index (χ4v) is 3.96. The molecule has 0 saturated carbocycles. The summed E-state index contributed by atoms with van der Waals surface area (Å²) in [6.45, 7) is 0.749. The quantitative estimate of drug-likeness (QED) is 0.335. The number of rotatable bonds is 7. The third kappa shape index (κ3) is 4.34. The van der Waals surface area contributed by atoms with Gasteiger partial charge < -0.3 is 19.3 Å². The van der Waals surface area contributed by atoms with Crippen LogP contribution in [-0.2, 0) is 16.1 Å². The van der Waals surface area contributed by atoms with Crippen molar-refractivity contribution < 1.29 is 28.2 Å². The maximum Gasteiger partial charge on any atom is 0.295 e. The molecule has 1 amide bonds. The molecule has 0 aliphatic carbocycles. The minimum absolute atomic E-state index is 0.0546. The Labute approximate surface area is 188 Å². The van der Waals surface area contributed by atoms with E-state index in [0.717, 1.165) is 12.1 Å². The number of benzene rings is 2. The highest BCUT2D eigenvalue weighted by Crippen LogP contribution is 2.41. The number of hydrogen-bond donors (Lipinski definition) is 1. The van der Waals surface area contributed by atoms with Crippen molar-refractivity contribution in [1.29, 1.82) is 0 Å². The lowest BCUT2D eigenvalue weighted by Gasteiger charge is -2.25. The van der Waals surface area contributed by atoms with Crippen molar-refractivity contribution in [2.24, 2.45) is 0 Å². The van der Waals surface area contributed by atoms with Crippen LogP contribution in [0.15, 0.2) is 66.8 Å². The summed E-state index contributed by atoms with van der Waals surface area (Å²) < 4.78 is 34.6. The molecular weight excluding hydrogens is 432 g/mol. The number of aromatic nitrogens is 2. The van der Waals surface area contributed by atoms with Gasteiger partial charge in [-0.2, -0.15) is 0 Å². The third-order valence-corrected chi connectivity index (χ3v) is 5.52. The molecule has 33 heavy (non-hydrogen) atoms. The second-order valence-electron chi connectivity index (χ2n) is 7.54. The molecule has 7 nitrogen and oxygen atoms in total. The monoisotopic (exact) mass is 453 g/mol. The molecule has 1 atom stereocenters. The molecule has 1 aliphatic heterocycles. The number of carbonyl (C=O) groups excluding carboxylic acids is 2. The molecule has 0 radical (unpaired) electrons. The van der Waals surface area contributed by atoms with Crippen LogP contribution in [0.3, 0.4) is 0 Å². The standard InChI is InChI=1S/C24H21F2N3O4/c1-33-19-8-7-17(26)13-18(19)22(30)20-21(15-3-5-16(25)6-4-15)29(24(32)23(20)31)11-2-10-28-12-9-27-14-28/h3-9,12-14,21,30H,2,10-11H2,1H3/t21-/m1/s1. The number of imidazole rings is 1. The molecule has 1 N–H and O–H groups in total. The average molecular weight is 453 g/mol. The Hall–Kier alpha value is -4.01. The van der Waals surface area contributed by atoms with E-state index in [1.165, 1.54) is 42.3 Å². The van der Waals surface area contributed by atoms with E-state index in [1.54, 1.807) is 18.7 Å². The van der Waals surface area contributed by atoms with Gasteiger partial charge in [0.2, 0.25) is 0 Å². The zero-order chi connectivity index (χ0) is 23.5. The number of methoxy groups -OCH3 is 1. The van der Waals surface area contributed by atoms with E-state index in [9.17, 15) is 23.5 Å². The van der Waals surface area contributed by atoms with E-state index >= 15 is 0 Å². The Kier molecular flexibility index (Phi) is 6.21. The summed E-state index contributed by atoms with van der Waals surface area (Å²) in [6.07, 6.45) is 5.56. The Morgan fingerprint density at radius 2 is 1.82 bits per heavy atom. The highest BCUT2D eigenvalue weighted by atomic mass is 19.1. The summed E-state index contributed by atoms with van der Waals surface area (Å²) in [5, 5.41) is 11.1. The molecule has 1 saturated heterocycles. The molecule has 2 aromatic carbocycles. The number of ether oxygens (including phenoxy) is 1. The van der Waals surface area contributed by atoms with E-state index < -0.39 is 35.1 Å². The van der Waals surface area contributed by atoms with Gasteiger partial charge in [0.25, 0.3) is 11.7 Å². The third-order valence-electron chi connectivity index (χ3n) is 5.52. The second kappa shape index (κ2) is 9.23. The van der Waals surface area contributed by atoms with Gasteiger partial charge in [0.1, 0.15) is 23.1 Å². The lowest BCUT2D eigenvalue weighted by Crippen LogP contribution is -2.31. The number of carbonyl (C=O) groups is 2. The zero-order valence-electron chi connectivity index (χ0n) is 17.7. The molecule has 1 aromatic heterocycles. The fraction of sp³-hybridized carbons (Fsp3) is 0.208. The Morgan fingerprint density at radius 1 is 1.09 bits per heavy atom. The van der Waals surface area contributed by atoms with Crippen molar-refractivity contribution in [2.75, 3.05) is 13.7 Å². The van der Waals surface area contributed by atoms with Crippen molar-refractivity contribution in [1.82, 2.24) is 14.5 Å². The van der Waals surface area contributed by atoms with Crippen molar-refractivity contribution in [3.63, 3.8) is 0 Å². The predicted molar refractivity (Wildman–Crippen MR) is 115 cm³/mol. The van der Waals surface area contributed by atoms with Crippen molar-refractivity contribution in [2.45, 2.75) is 19.0 Å². The predicted octanol–water partition coefficient (Wildman–Crippen LogP) is 3.68. The van der Waals surface area contributed by atoms with Gasteiger partial charge in [-0.1, -0.05) is 12.1 Å². The first-order valence-corrected chi connectivity index (χ1v) is 10.2. The van der Waals surface area contributed by atoms with Crippen molar-refractivity contribution in [3.8, 4) is 5.75 Å². The summed E-state index contributed by atoms with van der Waals surface area (Å²) in [5.74, 6) is -3.26. The van der Waals surface area contributed by atoms with Crippen LogP contribution in [0.4, 0.5) is 8.78 Å². The molecule has 0 unspecified atom stereocenters. The number of aliphatic hydroxyl groups excluding tert-OH is 1. The molecule has 9 heteroatoms. The number of likely N-dealkylation sites (tertiary alicyclic amines) is 1. The topological polar surface area (TPSA) is 84.7 Å². The van der Waals surface area contributed by atoms with Gasteiger partial charge in [-0.3, -0.25) is 9.59 Å². The maximum absolute atomic E-state index is 13.9. The number of amides is 1. The molecule has 0 bridgehead atoms. The number of aryl methyl sites for hydroxylation is 1. The smallest absolute Gasteiger partial charge is 0.295 e. The van der Waals surface area contributed by atoms with Gasteiger partial charge in [0.15, 0.2) is 0 Å². The van der Waals surface area contributed by atoms with Crippen molar-refractivity contribution in [3.05, 3.63) is 89.5 Å². The van der Waals surface area contributed by atoms with Crippen LogP contribution in [-0.4, -0.2) is 44.9 Å². The Morgan fingerprint density at radius 3 is 2.48 bits per heavy atom. The van der Waals surface area contributed by atoms with Gasteiger partial charge in [-0.05, 0) is 42.3 Å². The highest BCUT2D eigenvalue weighted by molar-refractivity contribution is 6.46. The first kappa shape index (κ1) is 22.2. The molecule has 0 spiro atoms. The van der Waals surface area contributed by atoms with E-state index in [2.05, 4.69) is 4.98 Å². The number of aliphatic hydroxyl groups is 1. The summed E-state index contributed by atoms with van der Waals surface area (Å²) >= 11 is 0. The summed E-state index contributed by atoms with van der Waals surface area (Å²) in [4.78, 5) is 31.3. The summed E-state index contributed by atoms with van der Waals surface area (Å²) in [6, 6.07) is 7.85. The Balaban J connectivity index is 1.78. The van der Waals surface area contributed by atoms with E-state index in [-0.39, 0.29) is 23.4 Å². The number of nitrogens with zero attached hydrogens (tertiary/aromatic N) is 3. The van der Waals surface area contributed by atoms with Crippen LogP contribution >= 0.6 is 0 Å². The molecule has 4 rings (SSSR count). The highest BCUT2D eigenvalue weighted by Gasteiger charge is 2.46. The summed E-state index contributed by atoms with van der Waals surface area (Å²) in [7, 11) is 1.34. The second-order valence-corrected chi connectivity index (χ2v) is 7.54. The van der Waals surface area contributed by atoms with E-state index in [4.69, 9.17) is 4.74 Å². The van der Waals surface area contributed by atoms with Crippen LogP contribution < -0.4 is 4.74 Å². The molecule has 3 aromatic rings. The number of ketones is 1. The first-order chi connectivity index (χ1) is 15.9. The van der Waals surface area contributed by atoms with Crippen LogP contribution in [0, 0.1) is 11.6 Å². The molecule has 2 heterocycles. The lowest BCUT2D eigenvalue weighted by atomic mass is 9.95. The maximum atomic E-state index is 13.9. The van der Waals surface area contributed by atoms with Crippen LogP contribution in [0.1, 0.15) is 23.6 Å². The van der Waals surface area contributed by atoms with Crippen LogP contribution in [0.5, 0.6) is 5.75 Å². The number of Topliss-reactive ketones (excluding diaryl/α,β-unsaturated/α-hetero) is 1. The number of halogens is 2. The minimum atomic E-state index is -0.971. The number of hydrogen-bond acceptors (Lipinski definition) is 5. The van der Waals surface area contributed by atoms with Gasteiger partial charge >= 0.3 is 0 Å². The zero-order valence-corrected chi connectivity index (χ0v) is 17.7. The lowest BCUT2D eigenvalue weighted by molar-refractivity contribution is -0.139. The summed E-state index contributed by atoms with van der Waals surface area (Å²) in [5.41, 5.74) is 0.175. The fourth-order valence-electron chi connectivity index (χ4n) is 3.96. The first-order valence-electron chi connectivity index (χ1n) is 10.2. The Bertz CT molecular complexity index is 1210. The van der Waals surface area contributed by atoms with Gasteiger partial charge in [-0.15, -0.1) is 0 Å². The van der Waals surface area contributed by atoms with E-state index in [1.807, 2.05) is 4.57 Å². The van der Waals surface area contributed by atoms with Gasteiger partial charge in [0, 0.05) is 25.5 Å².